The van der Waals surface area contributed by atoms with Crippen molar-refractivity contribution in [3.63, 3.8) is 0 Å². The Hall–Kier alpha value is -1.26. The molecular weight excluding hydrogens is 218 g/mol. The van der Waals surface area contributed by atoms with Gasteiger partial charge in [0.15, 0.2) is 0 Å². The lowest BCUT2D eigenvalue weighted by molar-refractivity contribution is -0.144. The zero-order chi connectivity index (χ0) is 12.4. The average Bonchev–Trinajstić information content (AvgIpc) is 2.76. The molecule has 0 N–H and O–H groups in total. The van der Waals surface area contributed by atoms with Crippen molar-refractivity contribution in [3.05, 3.63) is 0 Å². The lowest BCUT2D eigenvalue weighted by Crippen LogP contribution is -2.47. The van der Waals surface area contributed by atoms with Crippen LogP contribution >= 0.6 is 0 Å². The molecule has 0 saturated heterocycles. The molecule has 2 bridgehead atoms. The van der Waals surface area contributed by atoms with Crippen molar-refractivity contribution in [3.8, 4) is 0 Å². The summed E-state index contributed by atoms with van der Waals surface area (Å²) in [6.45, 7) is 6.75. The first-order valence-electron chi connectivity index (χ1n) is 6.17. The fraction of sp³-hybridized carbons (Fsp3) is 0.833. The Kier molecular flexibility index (Phi) is 1.88. The number of carbonyl (C=O) groups is 2. The maximum Gasteiger partial charge on any atom is 0.356 e. The van der Waals surface area contributed by atoms with Gasteiger partial charge in [0.1, 0.15) is 0 Å². The van der Waals surface area contributed by atoms with Gasteiger partial charge in [-0.05, 0) is 36.0 Å². The Morgan fingerprint density at radius 2 is 2.00 bits per heavy atom. The van der Waals surface area contributed by atoms with E-state index >= 15 is 0 Å². The van der Waals surface area contributed by atoms with Crippen LogP contribution in [0.1, 0.15) is 40.0 Å². The first-order chi connectivity index (χ1) is 7.88. The van der Waals surface area contributed by atoms with E-state index in [1.54, 1.807) is 0 Å². The Morgan fingerprint density at radius 3 is 2.41 bits per heavy atom. The van der Waals surface area contributed by atoms with Crippen molar-refractivity contribution in [2.24, 2.45) is 27.1 Å². The summed E-state index contributed by atoms with van der Waals surface area (Å²) in [4.78, 5) is 22.9. The molecule has 0 aromatic carbocycles. The molecular formula is C12H17N3O2. The third-order valence-corrected chi connectivity index (χ3v) is 5.67. The van der Waals surface area contributed by atoms with Gasteiger partial charge in [-0.15, -0.1) is 0 Å². The van der Waals surface area contributed by atoms with Gasteiger partial charge in [-0.25, -0.2) is 5.01 Å². The van der Waals surface area contributed by atoms with Crippen LogP contribution in [0.3, 0.4) is 0 Å². The Labute approximate surface area is 100 Å². The highest BCUT2D eigenvalue weighted by atomic mass is 16.2. The molecule has 1 aliphatic heterocycles. The SMILES string of the molecule is CC1(C)C2CCC1(C)C(N1N=NC(=O)C1=O)C2. The summed E-state index contributed by atoms with van der Waals surface area (Å²) in [7, 11) is 0. The fourth-order valence-electron chi connectivity index (χ4n) is 4.01. The number of hydrogen-bond acceptors (Lipinski definition) is 3. The highest BCUT2D eigenvalue weighted by molar-refractivity contribution is 6.36. The number of fused-ring (bicyclic) bond motifs is 2. The van der Waals surface area contributed by atoms with Crippen LogP contribution < -0.4 is 0 Å². The van der Waals surface area contributed by atoms with Crippen molar-refractivity contribution in [2.75, 3.05) is 0 Å². The second kappa shape index (κ2) is 2.94. The van der Waals surface area contributed by atoms with E-state index in [1.165, 1.54) is 11.4 Å². The molecule has 2 fully saturated rings. The Morgan fingerprint density at radius 1 is 1.29 bits per heavy atom. The van der Waals surface area contributed by atoms with Crippen molar-refractivity contribution in [2.45, 2.75) is 46.1 Å². The fourth-order valence-corrected chi connectivity index (χ4v) is 4.01. The minimum absolute atomic E-state index is 0.0407. The van der Waals surface area contributed by atoms with Gasteiger partial charge in [0.05, 0.1) is 6.04 Å². The smallest absolute Gasteiger partial charge is 0.261 e. The number of nitrogens with zero attached hydrogens (tertiary/aromatic N) is 3. The van der Waals surface area contributed by atoms with Crippen molar-refractivity contribution >= 4 is 11.8 Å². The highest BCUT2D eigenvalue weighted by Gasteiger charge is 2.64. The number of amides is 2. The van der Waals surface area contributed by atoms with Crippen LogP contribution in [-0.2, 0) is 9.59 Å². The first kappa shape index (κ1) is 10.9. The van der Waals surface area contributed by atoms with E-state index in [9.17, 15) is 9.59 Å². The predicted octanol–water partition coefficient (Wildman–Crippen LogP) is 1.94. The second-order valence-corrected chi connectivity index (χ2v) is 6.27. The van der Waals surface area contributed by atoms with Crippen LogP contribution in [0, 0.1) is 16.7 Å². The summed E-state index contributed by atoms with van der Waals surface area (Å²) in [5, 5.41) is 8.47. The predicted molar refractivity (Wildman–Crippen MR) is 59.7 cm³/mol. The summed E-state index contributed by atoms with van der Waals surface area (Å²) >= 11 is 0. The molecule has 0 aromatic heterocycles. The van der Waals surface area contributed by atoms with Gasteiger partial charge in [0, 0.05) is 0 Å². The molecule has 92 valence electrons. The van der Waals surface area contributed by atoms with Gasteiger partial charge in [0.2, 0.25) is 0 Å². The summed E-state index contributed by atoms with van der Waals surface area (Å²) in [6, 6.07) is 0.0407. The van der Waals surface area contributed by atoms with Crippen molar-refractivity contribution in [1.82, 2.24) is 5.01 Å². The molecule has 3 unspecified atom stereocenters. The van der Waals surface area contributed by atoms with Crippen molar-refractivity contribution < 1.29 is 9.59 Å². The topological polar surface area (TPSA) is 62.1 Å². The van der Waals surface area contributed by atoms with Gasteiger partial charge >= 0.3 is 11.8 Å². The summed E-state index contributed by atoms with van der Waals surface area (Å²) in [5.41, 5.74) is 0.260. The van der Waals surface area contributed by atoms with Gasteiger partial charge in [0.25, 0.3) is 0 Å². The van der Waals surface area contributed by atoms with E-state index in [1.807, 2.05) is 0 Å². The molecule has 2 aliphatic carbocycles. The van der Waals surface area contributed by atoms with E-state index in [4.69, 9.17) is 0 Å². The Bertz CT molecular complexity index is 443. The van der Waals surface area contributed by atoms with E-state index in [2.05, 4.69) is 31.1 Å². The van der Waals surface area contributed by atoms with Gasteiger partial charge in [-0.1, -0.05) is 31.1 Å². The van der Waals surface area contributed by atoms with Crippen molar-refractivity contribution in [1.29, 1.82) is 0 Å². The molecule has 17 heavy (non-hydrogen) atoms. The minimum atomic E-state index is -0.728. The molecule has 0 spiro atoms. The quantitative estimate of drug-likeness (QED) is 0.652. The molecule has 3 rings (SSSR count). The van der Waals surface area contributed by atoms with Crippen LogP contribution in [0.25, 0.3) is 0 Å². The van der Waals surface area contributed by atoms with Crippen LogP contribution in [0.4, 0.5) is 0 Å². The second-order valence-electron chi connectivity index (χ2n) is 6.27. The number of carbonyl (C=O) groups excluding carboxylic acids is 2. The van der Waals surface area contributed by atoms with E-state index < -0.39 is 11.8 Å². The molecule has 0 radical (unpaired) electrons. The molecule has 2 saturated carbocycles. The van der Waals surface area contributed by atoms with Gasteiger partial charge in [-0.3, -0.25) is 9.59 Å². The zero-order valence-electron chi connectivity index (χ0n) is 10.4. The van der Waals surface area contributed by atoms with Crippen LogP contribution in [0.5, 0.6) is 0 Å². The molecule has 5 nitrogen and oxygen atoms in total. The molecule has 3 aliphatic rings. The summed E-state index contributed by atoms with van der Waals surface area (Å²) in [6.07, 6.45) is 3.26. The summed E-state index contributed by atoms with van der Waals surface area (Å²) < 4.78 is 0. The standard InChI is InChI=1S/C12H17N3O2/c1-11(2)7-4-5-12(11,3)8(6-7)15-10(17)9(16)13-14-15/h7-8H,4-6H2,1-3H3. The van der Waals surface area contributed by atoms with Crippen LogP contribution in [0.2, 0.25) is 0 Å². The zero-order valence-corrected chi connectivity index (χ0v) is 10.4. The molecule has 1 heterocycles. The monoisotopic (exact) mass is 235 g/mol. The lowest BCUT2D eigenvalue weighted by atomic mass is 9.69. The Balaban J connectivity index is 1.96. The number of rotatable bonds is 1. The van der Waals surface area contributed by atoms with E-state index in [0.717, 1.165) is 12.8 Å². The lowest BCUT2D eigenvalue weighted by Gasteiger charge is -2.40. The first-order valence-corrected chi connectivity index (χ1v) is 6.17. The normalized spacial score (nSPS) is 42.9. The molecule has 2 amide bonds. The molecule has 3 atom stereocenters. The van der Waals surface area contributed by atoms with Crippen LogP contribution in [0.15, 0.2) is 10.3 Å². The van der Waals surface area contributed by atoms with Crippen LogP contribution in [-0.4, -0.2) is 22.9 Å². The minimum Gasteiger partial charge on any atom is -0.261 e. The highest BCUT2D eigenvalue weighted by Crippen LogP contribution is 2.66. The third-order valence-electron chi connectivity index (χ3n) is 5.67. The van der Waals surface area contributed by atoms with E-state index in [0.29, 0.717) is 5.92 Å². The van der Waals surface area contributed by atoms with Gasteiger partial charge in [-0.2, -0.15) is 0 Å². The largest absolute Gasteiger partial charge is 0.356 e. The van der Waals surface area contributed by atoms with Gasteiger partial charge < -0.3 is 0 Å². The van der Waals surface area contributed by atoms with E-state index in [-0.39, 0.29) is 16.9 Å². The maximum atomic E-state index is 11.7. The maximum absolute atomic E-state index is 11.7. The molecule has 5 heteroatoms. The molecule has 0 aromatic rings. The third kappa shape index (κ3) is 1.10. The summed E-state index contributed by atoms with van der Waals surface area (Å²) in [5.74, 6) is -0.662. The number of hydrogen-bond donors (Lipinski definition) is 0. The average molecular weight is 235 g/mol.